The van der Waals surface area contributed by atoms with Gasteiger partial charge >= 0.3 is 0 Å². The Morgan fingerprint density at radius 1 is 0.562 bits per heavy atom. The van der Waals surface area contributed by atoms with E-state index in [1.54, 1.807) is 0 Å². The zero-order valence-corrected chi connectivity index (χ0v) is 16.4. The molecule has 0 nitrogen and oxygen atoms in total. The first-order valence-electron chi connectivity index (χ1n) is 6.41. The van der Waals surface area contributed by atoms with E-state index in [4.69, 9.17) is 0 Å². The van der Waals surface area contributed by atoms with Crippen molar-refractivity contribution < 1.29 is 0 Å². The lowest BCUT2D eigenvalue weighted by Crippen LogP contribution is -2.62. The van der Waals surface area contributed by atoms with E-state index in [2.05, 4.69) is 63.5 Å². The standard InChI is InChI=1S/C12H28Si4/c1-13(2)9-10-14(3,4)12-16(7,8)15(5,6)11-13/h11-12H2,1-8H3. The Bertz CT molecular complexity index is 310. The fourth-order valence-electron chi connectivity index (χ4n) is 3.12. The second-order valence-corrected chi connectivity index (χ2v) is 34.7. The molecule has 0 saturated heterocycles. The molecule has 1 heterocycles. The van der Waals surface area contributed by atoms with Crippen molar-refractivity contribution in [1.82, 2.24) is 0 Å². The number of hydrogen-bond donors (Lipinski definition) is 0. The largest absolute Gasteiger partial charge is 0.139 e. The van der Waals surface area contributed by atoms with Gasteiger partial charge in [-0.15, -0.1) is 11.1 Å². The highest BCUT2D eigenvalue weighted by Crippen LogP contribution is 2.35. The van der Waals surface area contributed by atoms with Gasteiger partial charge in [0.05, 0.1) is 0 Å². The van der Waals surface area contributed by atoms with E-state index in [0.717, 1.165) is 0 Å². The molecule has 0 bridgehead atoms. The summed E-state index contributed by atoms with van der Waals surface area (Å²) in [6, 6.07) is 0. The molecular weight excluding hydrogens is 256 g/mol. The molecule has 16 heavy (non-hydrogen) atoms. The molecule has 0 aromatic carbocycles. The summed E-state index contributed by atoms with van der Waals surface area (Å²) in [4.78, 5) is 0. The molecule has 92 valence electrons. The van der Waals surface area contributed by atoms with Crippen LogP contribution < -0.4 is 0 Å². The molecule has 0 aliphatic carbocycles. The summed E-state index contributed by atoms with van der Waals surface area (Å²) in [6.07, 6.45) is 0. The average molecular weight is 285 g/mol. The van der Waals surface area contributed by atoms with Crippen LogP contribution in [0.5, 0.6) is 0 Å². The van der Waals surface area contributed by atoms with Gasteiger partial charge in [-0.05, 0) is 0 Å². The normalized spacial score (nSPS) is 29.5. The highest BCUT2D eigenvalue weighted by molar-refractivity contribution is 7.45. The fraction of sp³-hybridized carbons (Fsp3) is 0.833. The van der Waals surface area contributed by atoms with Crippen molar-refractivity contribution in [2.24, 2.45) is 0 Å². The van der Waals surface area contributed by atoms with Crippen LogP contribution in [0.25, 0.3) is 0 Å². The van der Waals surface area contributed by atoms with Crippen LogP contribution in [0.2, 0.25) is 63.7 Å². The Morgan fingerprint density at radius 3 is 1.06 bits per heavy atom. The van der Waals surface area contributed by atoms with E-state index in [1.165, 1.54) is 11.3 Å². The van der Waals surface area contributed by atoms with Gasteiger partial charge in [-0.1, -0.05) is 63.7 Å². The van der Waals surface area contributed by atoms with Crippen molar-refractivity contribution in [2.75, 3.05) is 0 Å². The maximum atomic E-state index is 3.75. The summed E-state index contributed by atoms with van der Waals surface area (Å²) < 4.78 is 0. The molecule has 0 fully saturated rings. The van der Waals surface area contributed by atoms with Gasteiger partial charge in [-0.25, -0.2) is 0 Å². The van der Waals surface area contributed by atoms with Gasteiger partial charge in [-0.3, -0.25) is 0 Å². The molecular formula is C12H28Si4. The monoisotopic (exact) mass is 284 g/mol. The van der Waals surface area contributed by atoms with Crippen molar-refractivity contribution in [2.45, 2.75) is 63.7 Å². The van der Waals surface area contributed by atoms with Crippen LogP contribution in [0.3, 0.4) is 0 Å². The molecule has 0 unspecified atom stereocenters. The van der Waals surface area contributed by atoms with Crippen molar-refractivity contribution in [3.63, 3.8) is 0 Å². The minimum absolute atomic E-state index is 0.992. The highest BCUT2D eigenvalue weighted by atomic mass is 29.3. The quantitative estimate of drug-likeness (QED) is 0.465. The molecule has 1 aliphatic rings. The molecule has 4 heteroatoms. The predicted molar refractivity (Wildman–Crippen MR) is 87.3 cm³/mol. The maximum Gasteiger partial charge on any atom is 0.128 e. The molecule has 0 aromatic heterocycles. The van der Waals surface area contributed by atoms with Gasteiger partial charge in [0, 0.05) is 15.2 Å². The van der Waals surface area contributed by atoms with Crippen molar-refractivity contribution in [3.8, 4) is 11.1 Å². The summed E-state index contributed by atoms with van der Waals surface area (Å²) in [7, 11) is -4.42. The predicted octanol–water partition coefficient (Wildman–Crippen LogP) is 4.07. The molecule has 1 rings (SSSR count). The van der Waals surface area contributed by atoms with Gasteiger partial charge in [0.1, 0.15) is 16.1 Å². The molecule has 1 aliphatic heterocycles. The number of hydrogen-bond acceptors (Lipinski definition) is 0. The molecule has 0 radical (unpaired) electrons. The second-order valence-electron chi connectivity index (χ2n) is 8.14. The van der Waals surface area contributed by atoms with Crippen LogP contribution in [0.15, 0.2) is 0 Å². The lowest BCUT2D eigenvalue weighted by molar-refractivity contribution is 1.53. The summed E-state index contributed by atoms with van der Waals surface area (Å²) in [5.74, 6) is 0. The zero-order valence-electron chi connectivity index (χ0n) is 12.4. The van der Waals surface area contributed by atoms with Crippen LogP contribution >= 0.6 is 0 Å². The van der Waals surface area contributed by atoms with Crippen LogP contribution in [0, 0.1) is 11.1 Å². The third-order valence-electron chi connectivity index (χ3n) is 4.34. The molecule has 0 spiro atoms. The second kappa shape index (κ2) is 3.97. The van der Waals surface area contributed by atoms with E-state index >= 15 is 0 Å². The zero-order chi connectivity index (χ0) is 12.8. The topological polar surface area (TPSA) is 0 Å². The van der Waals surface area contributed by atoms with Gasteiger partial charge in [-0.2, -0.15) is 0 Å². The first-order chi connectivity index (χ1) is 6.87. The van der Waals surface area contributed by atoms with Crippen LogP contribution in [-0.4, -0.2) is 31.3 Å². The van der Waals surface area contributed by atoms with E-state index in [1.807, 2.05) is 0 Å². The Balaban J connectivity index is 3.24. The first kappa shape index (κ1) is 14.5. The van der Waals surface area contributed by atoms with Crippen LogP contribution in [0.1, 0.15) is 0 Å². The fourth-order valence-corrected chi connectivity index (χ4v) is 44.6. The smallest absolute Gasteiger partial charge is 0.128 e. The van der Waals surface area contributed by atoms with Gasteiger partial charge in [0.2, 0.25) is 0 Å². The minimum atomic E-state index is -1.22. The van der Waals surface area contributed by atoms with Crippen LogP contribution in [-0.2, 0) is 0 Å². The highest BCUT2D eigenvalue weighted by Gasteiger charge is 2.47. The van der Waals surface area contributed by atoms with Gasteiger partial charge in [0.25, 0.3) is 0 Å². The Hall–Kier alpha value is 0.428. The number of rotatable bonds is 0. The van der Waals surface area contributed by atoms with Gasteiger partial charge in [0.15, 0.2) is 0 Å². The Labute approximate surface area is 106 Å². The summed E-state index contributed by atoms with van der Waals surface area (Å²) in [5, 5.41) is 0. The maximum absolute atomic E-state index is 3.75. The lowest BCUT2D eigenvalue weighted by Gasteiger charge is -2.45. The van der Waals surface area contributed by atoms with Gasteiger partial charge < -0.3 is 0 Å². The first-order valence-corrected chi connectivity index (χ1v) is 20.2. The van der Waals surface area contributed by atoms with E-state index < -0.39 is 31.3 Å². The Kier molecular flexibility index (Phi) is 3.60. The van der Waals surface area contributed by atoms with Crippen LogP contribution in [0.4, 0.5) is 0 Å². The third-order valence-corrected chi connectivity index (χ3v) is 38.2. The summed E-state index contributed by atoms with van der Waals surface area (Å²) in [5.41, 5.74) is 10.6. The van der Waals surface area contributed by atoms with E-state index in [9.17, 15) is 0 Å². The molecule has 0 N–H and O–H groups in total. The van der Waals surface area contributed by atoms with Crippen molar-refractivity contribution in [1.29, 1.82) is 0 Å². The summed E-state index contributed by atoms with van der Waals surface area (Å²) in [6.45, 7) is 20.6. The minimum Gasteiger partial charge on any atom is -0.139 e. The SMILES string of the molecule is C[Si]1(C)C#C[Si](C)(C)C[Si](C)(C)[Si](C)(C)C1. The molecule has 0 saturated carbocycles. The lowest BCUT2D eigenvalue weighted by atomic mass is 11.4. The Morgan fingerprint density at radius 2 is 0.812 bits per heavy atom. The van der Waals surface area contributed by atoms with Crippen molar-refractivity contribution in [3.05, 3.63) is 0 Å². The van der Waals surface area contributed by atoms with E-state index in [0.29, 0.717) is 0 Å². The molecule has 0 atom stereocenters. The molecule has 0 amide bonds. The van der Waals surface area contributed by atoms with E-state index in [-0.39, 0.29) is 0 Å². The third kappa shape index (κ3) is 3.22. The average Bonchev–Trinajstić information content (AvgIpc) is 1.96. The summed E-state index contributed by atoms with van der Waals surface area (Å²) >= 11 is 0. The molecule has 0 aromatic rings. The van der Waals surface area contributed by atoms with Crippen molar-refractivity contribution >= 4 is 31.3 Å².